The van der Waals surface area contributed by atoms with E-state index >= 15 is 0 Å². The summed E-state index contributed by atoms with van der Waals surface area (Å²) >= 11 is 3.48. The Hall–Kier alpha value is -0.770. The number of hydrogen-bond acceptors (Lipinski definition) is 1. The van der Waals surface area contributed by atoms with Crippen LogP contribution in [0.2, 0.25) is 0 Å². The average Bonchev–Trinajstić information content (AvgIpc) is 2.80. The number of rotatable bonds is 3. The zero-order chi connectivity index (χ0) is 14.0. The first-order valence-electron chi connectivity index (χ1n) is 7.19. The molecule has 0 radical (unpaired) electrons. The van der Waals surface area contributed by atoms with Crippen LogP contribution < -0.4 is 0 Å². The highest BCUT2D eigenvalue weighted by molar-refractivity contribution is 9.10. The number of hydrogen-bond donors (Lipinski definition) is 0. The van der Waals surface area contributed by atoms with Gasteiger partial charge in [0.1, 0.15) is 5.69 Å². The third-order valence-corrected chi connectivity index (χ3v) is 4.41. The fraction of sp³-hybridized carbons (Fsp3) is 0.667. The number of aromatic nitrogens is 1. The van der Waals surface area contributed by atoms with E-state index in [1.165, 1.54) is 12.8 Å². The van der Waals surface area contributed by atoms with Gasteiger partial charge in [0.05, 0.1) is 0 Å². The van der Waals surface area contributed by atoms with Gasteiger partial charge in [0.2, 0.25) is 0 Å². The maximum absolute atomic E-state index is 12.7. The smallest absolute Gasteiger partial charge is 0.270 e. The molecule has 1 aromatic heterocycles. The number of carbonyl (C=O) groups is 1. The summed E-state index contributed by atoms with van der Waals surface area (Å²) in [4.78, 5) is 14.7. The summed E-state index contributed by atoms with van der Waals surface area (Å²) in [6.07, 6.45) is 5.56. The van der Waals surface area contributed by atoms with Gasteiger partial charge in [-0.25, -0.2) is 0 Å². The van der Waals surface area contributed by atoms with Gasteiger partial charge in [-0.2, -0.15) is 0 Å². The standard InChI is InChI=1S/C15H23BrN2O/c1-4-12-6-5-7-17(9-12)15(19)14-8-13(16)10-18(14)11(2)3/h8,10-12H,4-7,9H2,1-3H3. The van der Waals surface area contributed by atoms with Gasteiger partial charge in [-0.3, -0.25) is 4.79 Å². The number of amides is 1. The van der Waals surface area contributed by atoms with Crippen molar-refractivity contribution in [3.63, 3.8) is 0 Å². The van der Waals surface area contributed by atoms with E-state index in [-0.39, 0.29) is 5.91 Å². The zero-order valence-electron chi connectivity index (χ0n) is 12.0. The van der Waals surface area contributed by atoms with Gasteiger partial charge in [0, 0.05) is 29.8 Å². The Kier molecular flexibility index (Phi) is 4.71. The van der Waals surface area contributed by atoms with Crippen molar-refractivity contribution in [2.45, 2.75) is 46.1 Å². The number of carbonyl (C=O) groups excluding carboxylic acids is 1. The van der Waals surface area contributed by atoms with Crippen LogP contribution in [-0.2, 0) is 0 Å². The Bertz CT molecular complexity index is 453. The molecular weight excluding hydrogens is 304 g/mol. The molecule has 0 saturated carbocycles. The lowest BCUT2D eigenvalue weighted by Gasteiger charge is -2.32. The largest absolute Gasteiger partial charge is 0.340 e. The lowest BCUT2D eigenvalue weighted by atomic mass is 9.95. The third kappa shape index (κ3) is 3.22. The van der Waals surface area contributed by atoms with E-state index in [0.717, 1.165) is 29.7 Å². The molecule has 2 rings (SSSR count). The van der Waals surface area contributed by atoms with Crippen LogP contribution in [0, 0.1) is 5.92 Å². The van der Waals surface area contributed by atoms with E-state index in [9.17, 15) is 4.79 Å². The Morgan fingerprint density at radius 3 is 2.89 bits per heavy atom. The maximum atomic E-state index is 12.7. The van der Waals surface area contributed by atoms with Crippen LogP contribution in [0.15, 0.2) is 16.7 Å². The van der Waals surface area contributed by atoms with Crippen LogP contribution in [0.1, 0.15) is 56.6 Å². The topological polar surface area (TPSA) is 25.2 Å². The first-order valence-corrected chi connectivity index (χ1v) is 7.98. The van der Waals surface area contributed by atoms with Gasteiger partial charge in [0.25, 0.3) is 5.91 Å². The predicted molar refractivity (Wildman–Crippen MR) is 81.4 cm³/mol. The predicted octanol–water partition coefficient (Wildman–Crippen LogP) is 4.09. The zero-order valence-corrected chi connectivity index (χ0v) is 13.6. The summed E-state index contributed by atoms with van der Waals surface area (Å²) in [5, 5.41) is 0. The maximum Gasteiger partial charge on any atom is 0.270 e. The molecule has 1 atom stereocenters. The van der Waals surface area contributed by atoms with Crippen LogP contribution in [0.4, 0.5) is 0 Å². The summed E-state index contributed by atoms with van der Waals surface area (Å²) in [7, 11) is 0. The minimum absolute atomic E-state index is 0.178. The number of nitrogens with zero attached hydrogens (tertiary/aromatic N) is 2. The molecule has 0 spiro atoms. The highest BCUT2D eigenvalue weighted by Crippen LogP contribution is 2.24. The molecule has 1 aromatic rings. The summed E-state index contributed by atoms with van der Waals surface area (Å²) < 4.78 is 3.04. The van der Waals surface area contributed by atoms with Crippen LogP contribution in [0.5, 0.6) is 0 Å². The monoisotopic (exact) mass is 326 g/mol. The van der Waals surface area contributed by atoms with Crippen molar-refractivity contribution in [3.8, 4) is 0 Å². The van der Waals surface area contributed by atoms with Crippen molar-refractivity contribution in [2.24, 2.45) is 5.92 Å². The molecule has 1 saturated heterocycles. The van der Waals surface area contributed by atoms with Crippen LogP contribution >= 0.6 is 15.9 Å². The highest BCUT2D eigenvalue weighted by Gasteiger charge is 2.26. The van der Waals surface area contributed by atoms with E-state index in [4.69, 9.17) is 0 Å². The minimum Gasteiger partial charge on any atom is -0.340 e. The second-order valence-corrected chi connectivity index (χ2v) is 6.63. The summed E-state index contributed by atoms with van der Waals surface area (Å²) in [5.41, 5.74) is 0.804. The number of piperidine rings is 1. The molecular formula is C15H23BrN2O. The number of likely N-dealkylation sites (tertiary alicyclic amines) is 1. The molecule has 0 aliphatic carbocycles. The van der Waals surface area contributed by atoms with Gasteiger partial charge < -0.3 is 9.47 Å². The van der Waals surface area contributed by atoms with Crippen molar-refractivity contribution in [1.82, 2.24) is 9.47 Å². The quantitative estimate of drug-likeness (QED) is 0.821. The van der Waals surface area contributed by atoms with Crippen molar-refractivity contribution >= 4 is 21.8 Å². The van der Waals surface area contributed by atoms with Crippen molar-refractivity contribution in [2.75, 3.05) is 13.1 Å². The molecule has 19 heavy (non-hydrogen) atoms. The SMILES string of the molecule is CCC1CCCN(C(=O)c2cc(Br)cn2C(C)C)C1. The van der Waals surface area contributed by atoms with Crippen molar-refractivity contribution in [3.05, 3.63) is 22.4 Å². The van der Waals surface area contributed by atoms with Gasteiger partial charge in [-0.15, -0.1) is 0 Å². The molecule has 1 unspecified atom stereocenters. The molecule has 0 aromatic carbocycles. The third-order valence-electron chi connectivity index (χ3n) is 3.97. The van der Waals surface area contributed by atoms with Gasteiger partial charge in [0.15, 0.2) is 0 Å². The van der Waals surface area contributed by atoms with E-state index in [1.807, 2.05) is 17.2 Å². The van der Waals surface area contributed by atoms with Gasteiger partial charge >= 0.3 is 0 Å². The second kappa shape index (κ2) is 6.12. The molecule has 4 heteroatoms. The normalized spacial score (nSPS) is 20.1. The number of halogens is 1. The van der Waals surface area contributed by atoms with Crippen molar-refractivity contribution < 1.29 is 4.79 Å². The Morgan fingerprint density at radius 1 is 1.53 bits per heavy atom. The fourth-order valence-electron chi connectivity index (χ4n) is 2.79. The first-order chi connectivity index (χ1) is 9.02. The minimum atomic E-state index is 0.178. The first kappa shape index (κ1) is 14.6. The molecule has 0 bridgehead atoms. The fourth-order valence-corrected chi connectivity index (χ4v) is 3.23. The van der Waals surface area contributed by atoms with E-state index in [2.05, 4.69) is 41.3 Å². The molecule has 2 heterocycles. The Morgan fingerprint density at radius 2 is 2.26 bits per heavy atom. The second-order valence-electron chi connectivity index (χ2n) is 5.71. The average molecular weight is 327 g/mol. The van der Waals surface area contributed by atoms with Crippen LogP contribution in [0.25, 0.3) is 0 Å². The lowest BCUT2D eigenvalue weighted by Crippen LogP contribution is -2.40. The van der Waals surface area contributed by atoms with Gasteiger partial charge in [-0.1, -0.05) is 13.3 Å². The molecule has 1 aliphatic heterocycles. The lowest BCUT2D eigenvalue weighted by molar-refractivity contribution is 0.0658. The molecule has 1 aliphatic rings. The van der Waals surface area contributed by atoms with Gasteiger partial charge in [-0.05, 0) is 54.6 Å². The Balaban J connectivity index is 2.19. The van der Waals surface area contributed by atoms with E-state index in [1.54, 1.807) is 0 Å². The molecule has 106 valence electrons. The molecule has 1 amide bonds. The molecule has 1 fully saturated rings. The molecule has 0 N–H and O–H groups in total. The summed E-state index contributed by atoms with van der Waals surface area (Å²) in [6.45, 7) is 8.24. The van der Waals surface area contributed by atoms with Crippen LogP contribution in [-0.4, -0.2) is 28.5 Å². The Labute approximate surface area is 124 Å². The summed E-state index contributed by atoms with van der Waals surface area (Å²) in [6, 6.07) is 2.25. The van der Waals surface area contributed by atoms with E-state index in [0.29, 0.717) is 12.0 Å². The van der Waals surface area contributed by atoms with Crippen LogP contribution in [0.3, 0.4) is 0 Å². The summed E-state index contributed by atoms with van der Waals surface area (Å²) in [5.74, 6) is 0.848. The molecule has 3 nitrogen and oxygen atoms in total. The van der Waals surface area contributed by atoms with Crippen molar-refractivity contribution in [1.29, 1.82) is 0 Å². The highest BCUT2D eigenvalue weighted by atomic mass is 79.9. The van der Waals surface area contributed by atoms with E-state index < -0.39 is 0 Å².